The number of hydrogen-bond acceptors (Lipinski definition) is 5. The molecule has 0 spiro atoms. The maximum atomic E-state index is 9.56. The van der Waals surface area contributed by atoms with Crippen LogP contribution in [0.5, 0.6) is 0 Å². The molecule has 0 fully saturated rings. The van der Waals surface area contributed by atoms with Crippen molar-refractivity contribution in [3.63, 3.8) is 0 Å². The minimum atomic E-state index is -0.333. The van der Waals surface area contributed by atoms with E-state index < -0.39 is 0 Å². The largest absolute Gasteiger partial charge is 0.396 e. The van der Waals surface area contributed by atoms with Crippen LogP contribution in [0.3, 0.4) is 0 Å². The zero-order valence-electron chi connectivity index (χ0n) is 9.69. The van der Waals surface area contributed by atoms with E-state index in [1.165, 1.54) is 13.8 Å². The number of hydrogen-bond donors (Lipinski definition) is 3. The van der Waals surface area contributed by atoms with Gasteiger partial charge < -0.3 is 15.3 Å². The monoisotopic (exact) mass is 222 g/mol. The number of carbonyl (C=O) groups is 2. The van der Waals surface area contributed by atoms with E-state index in [-0.39, 0.29) is 24.8 Å². The van der Waals surface area contributed by atoms with Gasteiger partial charge in [0.05, 0.1) is 0 Å². The average molecular weight is 222 g/mol. The van der Waals surface area contributed by atoms with Gasteiger partial charge in [0.2, 0.25) is 0 Å². The number of Topliss-reactive ketones (excluding diaryl/α,β-unsaturated/α-hetero) is 2. The van der Waals surface area contributed by atoms with E-state index in [9.17, 15) is 9.59 Å². The molecule has 0 heterocycles. The Hall–Kier alpha value is -0.780. The average Bonchev–Trinajstić information content (AvgIpc) is 2.20. The van der Waals surface area contributed by atoms with E-state index in [1.807, 2.05) is 0 Å². The molecule has 0 amide bonds. The maximum Gasteiger partial charge on any atom is 0.155 e. The van der Waals surface area contributed by atoms with Crippen LogP contribution in [-0.4, -0.2) is 46.7 Å². The van der Waals surface area contributed by atoms with Gasteiger partial charge in [-0.3, -0.25) is 9.59 Å². The Morgan fingerprint density at radius 2 is 1.20 bits per heavy atom. The summed E-state index contributed by atoms with van der Waals surface area (Å²) >= 11 is 0. The van der Waals surface area contributed by atoms with Gasteiger partial charge in [-0.05, 0) is 20.3 Å². The lowest BCUT2D eigenvalue weighted by molar-refractivity contribution is -0.120. The van der Waals surface area contributed by atoms with Gasteiger partial charge in [-0.25, -0.2) is 0 Å². The fraction of sp³-hybridized carbons (Fsp3) is 0.800. The molecule has 3 N–H and O–H groups in total. The lowest BCUT2D eigenvalue weighted by Gasteiger charge is -1.79. The summed E-state index contributed by atoms with van der Waals surface area (Å²) in [5.41, 5.74) is 0. The predicted octanol–water partition coefficient (Wildman–Crippen LogP) is -0.0858. The van der Waals surface area contributed by atoms with Gasteiger partial charge in [0, 0.05) is 6.61 Å². The van der Waals surface area contributed by atoms with E-state index in [1.54, 1.807) is 0 Å². The van der Waals surface area contributed by atoms with Crippen molar-refractivity contribution in [1.29, 1.82) is 0 Å². The molecule has 0 radical (unpaired) electrons. The molecule has 0 saturated heterocycles. The number of ketones is 2. The molecular weight excluding hydrogens is 200 g/mol. The quantitative estimate of drug-likeness (QED) is 0.618. The molecule has 0 aliphatic carbocycles. The molecule has 15 heavy (non-hydrogen) atoms. The normalized spacial score (nSPS) is 7.87. The Kier molecular flexibility index (Phi) is 24.9. The smallest absolute Gasteiger partial charge is 0.155 e. The highest BCUT2D eigenvalue weighted by molar-refractivity contribution is 5.76. The SMILES string of the molecule is CC(=O)CO.CC(=O)CO.CCCCO. The van der Waals surface area contributed by atoms with Crippen LogP contribution in [0.2, 0.25) is 0 Å². The number of carbonyl (C=O) groups excluding carboxylic acids is 2. The maximum absolute atomic E-state index is 9.56. The number of aliphatic hydroxyl groups is 3. The summed E-state index contributed by atoms with van der Waals surface area (Å²) in [5, 5.41) is 23.7. The first-order valence-corrected chi connectivity index (χ1v) is 4.77. The van der Waals surface area contributed by atoms with Crippen molar-refractivity contribution in [2.24, 2.45) is 0 Å². The lowest BCUT2D eigenvalue weighted by atomic mass is 10.4. The second-order valence-electron chi connectivity index (χ2n) is 2.80. The van der Waals surface area contributed by atoms with Crippen molar-refractivity contribution in [1.82, 2.24) is 0 Å². The van der Waals surface area contributed by atoms with Gasteiger partial charge in [0.1, 0.15) is 13.2 Å². The minimum Gasteiger partial charge on any atom is -0.396 e. The molecule has 92 valence electrons. The highest BCUT2D eigenvalue weighted by Crippen LogP contribution is 1.78. The van der Waals surface area contributed by atoms with Gasteiger partial charge >= 0.3 is 0 Å². The summed E-state index contributed by atoms with van der Waals surface area (Å²) in [7, 11) is 0. The fourth-order valence-electron chi connectivity index (χ4n) is 0.158. The third kappa shape index (κ3) is 61.1. The minimum absolute atomic E-state index is 0.190. The Morgan fingerprint density at radius 3 is 1.20 bits per heavy atom. The van der Waals surface area contributed by atoms with Crippen LogP contribution in [0.1, 0.15) is 33.6 Å². The molecule has 0 unspecified atom stereocenters. The molecule has 0 atom stereocenters. The standard InChI is InChI=1S/C4H10O.2C3H6O2/c1-2-3-4-5;2*1-3(5)2-4/h5H,2-4H2,1H3;2*4H,2H2,1H3. The van der Waals surface area contributed by atoms with Crippen LogP contribution in [0.4, 0.5) is 0 Å². The number of rotatable bonds is 4. The van der Waals surface area contributed by atoms with Crippen LogP contribution in [0, 0.1) is 0 Å². The van der Waals surface area contributed by atoms with Crippen molar-refractivity contribution in [2.75, 3.05) is 19.8 Å². The van der Waals surface area contributed by atoms with Gasteiger partial charge in [-0.15, -0.1) is 0 Å². The summed E-state index contributed by atoms with van der Waals surface area (Å²) in [4.78, 5) is 19.1. The predicted molar refractivity (Wildman–Crippen MR) is 57.5 cm³/mol. The van der Waals surface area contributed by atoms with E-state index in [4.69, 9.17) is 15.3 Å². The Bertz CT molecular complexity index is 129. The first kappa shape index (κ1) is 19.7. The van der Waals surface area contributed by atoms with Gasteiger partial charge in [0.25, 0.3) is 0 Å². The first-order valence-electron chi connectivity index (χ1n) is 4.77. The van der Waals surface area contributed by atoms with E-state index in [2.05, 4.69) is 6.92 Å². The molecule has 0 rings (SSSR count). The zero-order chi connectivity index (χ0) is 12.7. The molecule has 0 aliphatic rings. The fourth-order valence-corrected chi connectivity index (χ4v) is 0.158. The lowest BCUT2D eigenvalue weighted by Crippen LogP contribution is -1.93. The molecule has 0 saturated carbocycles. The van der Waals surface area contributed by atoms with Crippen LogP contribution >= 0.6 is 0 Å². The van der Waals surface area contributed by atoms with Crippen molar-refractivity contribution in [3.8, 4) is 0 Å². The molecule has 0 bridgehead atoms. The topological polar surface area (TPSA) is 94.8 Å². The Labute approximate surface area is 90.7 Å². The van der Waals surface area contributed by atoms with E-state index >= 15 is 0 Å². The molecular formula is C10H22O5. The Balaban J connectivity index is -0.000000144. The second-order valence-corrected chi connectivity index (χ2v) is 2.80. The van der Waals surface area contributed by atoms with E-state index in [0.29, 0.717) is 6.61 Å². The molecule has 5 heteroatoms. The van der Waals surface area contributed by atoms with Gasteiger partial charge in [0.15, 0.2) is 11.6 Å². The molecule has 5 nitrogen and oxygen atoms in total. The van der Waals surface area contributed by atoms with Crippen molar-refractivity contribution in [3.05, 3.63) is 0 Å². The highest BCUT2D eigenvalue weighted by Gasteiger charge is 1.78. The van der Waals surface area contributed by atoms with E-state index in [0.717, 1.165) is 12.8 Å². The Morgan fingerprint density at radius 1 is 0.933 bits per heavy atom. The molecule has 0 aromatic carbocycles. The van der Waals surface area contributed by atoms with Gasteiger partial charge in [-0.2, -0.15) is 0 Å². The first-order chi connectivity index (χ1) is 6.95. The highest BCUT2D eigenvalue weighted by atomic mass is 16.3. The van der Waals surface area contributed by atoms with Crippen molar-refractivity contribution in [2.45, 2.75) is 33.6 Å². The third-order valence-electron chi connectivity index (χ3n) is 0.957. The van der Waals surface area contributed by atoms with Crippen molar-refractivity contribution < 1.29 is 24.9 Å². The van der Waals surface area contributed by atoms with Crippen LogP contribution < -0.4 is 0 Å². The summed E-state index contributed by atoms with van der Waals surface area (Å²) in [6, 6.07) is 0. The van der Waals surface area contributed by atoms with Crippen LogP contribution in [0.15, 0.2) is 0 Å². The van der Waals surface area contributed by atoms with Gasteiger partial charge in [-0.1, -0.05) is 13.3 Å². The number of aliphatic hydroxyl groups excluding tert-OH is 3. The zero-order valence-corrected chi connectivity index (χ0v) is 9.69. The summed E-state index contributed by atoms with van der Waals surface area (Å²) in [6.07, 6.45) is 2.04. The van der Waals surface area contributed by atoms with Crippen LogP contribution in [0.25, 0.3) is 0 Å². The molecule has 0 aliphatic heterocycles. The van der Waals surface area contributed by atoms with Crippen molar-refractivity contribution >= 4 is 11.6 Å². The summed E-state index contributed by atoms with van der Waals surface area (Å²) in [6.45, 7) is 4.40. The number of unbranched alkanes of at least 4 members (excludes halogenated alkanes) is 1. The second kappa shape index (κ2) is 18.9. The molecule has 0 aromatic rings. The third-order valence-corrected chi connectivity index (χ3v) is 0.957. The summed E-state index contributed by atoms with van der Waals surface area (Å²) < 4.78 is 0. The summed E-state index contributed by atoms with van der Waals surface area (Å²) in [5.74, 6) is -0.380. The molecule has 0 aromatic heterocycles. The van der Waals surface area contributed by atoms with Crippen LogP contribution in [-0.2, 0) is 9.59 Å².